The molecule has 1 aromatic carbocycles. The fourth-order valence-electron chi connectivity index (χ4n) is 2.32. The van der Waals surface area contributed by atoms with Crippen LogP contribution in [-0.2, 0) is 19.5 Å². The van der Waals surface area contributed by atoms with Crippen molar-refractivity contribution in [3.63, 3.8) is 0 Å². The number of sulfonamides is 1. The van der Waals surface area contributed by atoms with Gasteiger partial charge in [-0.3, -0.25) is 0 Å². The SMILES string of the molecule is COC(=O)c1cc(S(=O)(=O)NC(C)C2CCCO2)ccc1Br. The summed E-state index contributed by atoms with van der Waals surface area (Å²) in [5.74, 6) is -0.601. The van der Waals surface area contributed by atoms with Gasteiger partial charge in [-0.2, -0.15) is 0 Å². The Bertz CT molecular complexity index is 655. The second-order valence-electron chi connectivity index (χ2n) is 5.09. The van der Waals surface area contributed by atoms with Crippen LogP contribution in [0.3, 0.4) is 0 Å². The fourth-order valence-corrected chi connectivity index (χ4v) is 4.03. The van der Waals surface area contributed by atoms with Crippen molar-refractivity contribution in [3.8, 4) is 0 Å². The topological polar surface area (TPSA) is 81.7 Å². The average molecular weight is 392 g/mol. The Morgan fingerprint density at radius 2 is 2.23 bits per heavy atom. The van der Waals surface area contributed by atoms with Gasteiger partial charge in [0.1, 0.15) is 0 Å². The van der Waals surface area contributed by atoms with Gasteiger partial charge in [0.05, 0.1) is 23.7 Å². The molecule has 0 bridgehead atoms. The molecule has 6 nitrogen and oxygen atoms in total. The first kappa shape index (κ1) is 17.4. The molecule has 1 aliphatic rings. The van der Waals surface area contributed by atoms with Gasteiger partial charge >= 0.3 is 5.97 Å². The molecule has 122 valence electrons. The van der Waals surface area contributed by atoms with Gasteiger partial charge in [0, 0.05) is 17.1 Å². The lowest BCUT2D eigenvalue weighted by molar-refractivity contribution is 0.0599. The predicted octanol–water partition coefficient (Wildman–Crippen LogP) is 2.08. The van der Waals surface area contributed by atoms with Crippen molar-refractivity contribution in [2.75, 3.05) is 13.7 Å². The summed E-state index contributed by atoms with van der Waals surface area (Å²) < 4.78 is 38.1. The number of hydrogen-bond donors (Lipinski definition) is 1. The Labute approximate surface area is 138 Å². The molecule has 1 aromatic rings. The highest BCUT2D eigenvalue weighted by molar-refractivity contribution is 9.10. The largest absolute Gasteiger partial charge is 0.465 e. The maximum absolute atomic E-state index is 12.4. The summed E-state index contributed by atoms with van der Waals surface area (Å²) in [6, 6.07) is 3.90. The second-order valence-corrected chi connectivity index (χ2v) is 7.66. The third kappa shape index (κ3) is 3.87. The van der Waals surface area contributed by atoms with Crippen molar-refractivity contribution >= 4 is 31.9 Å². The molecule has 22 heavy (non-hydrogen) atoms. The molecule has 1 heterocycles. The molecule has 0 amide bonds. The first-order chi connectivity index (χ1) is 10.3. The van der Waals surface area contributed by atoms with Crippen molar-refractivity contribution in [2.24, 2.45) is 0 Å². The van der Waals surface area contributed by atoms with Crippen LogP contribution < -0.4 is 4.72 Å². The monoisotopic (exact) mass is 391 g/mol. The van der Waals surface area contributed by atoms with Gasteiger partial charge in [-0.15, -0.1) is 0 Å². The standard InChI is InChI=1S/C14H18BrNO5S/c1-9(13-4-3-7-21-13)16-22(18,19)10-5-6-12(15)11(8-10)14(17)20-2/h5-6,8-9,13,16H,3-4,7H2,1-2H3. The number of carbonyl (C=O) groups is 1. The predicted molar refractivity (Wildman–Crippen MR) is 84.2 cm³/mol. The number of rotatable bonds is 5. The van der Waals surface area contributed by atoms with Crippen LogP contribution in [0, 0.1) is 0 Å². The zero-order chi connectivity index (χ0) is 16.3. The lowest BCUT2D eigenvalue weighted by Crippen LogP contribution is -2.40. The van der Waals surface area contributed by atoms with E-state index in [0.29, 0.717) is 11.1 Å². The van der Waals surface area contributed by atoms with Crippen molar-refractivity contribution < 1.29 is 22.7 Å². The molecular formula is C14H18BrNO5S. The van der Waals surface area contributed by atoms with Crippen LogP contribution in [0.1, 0.15) is 30.1 Å². The number of carbonyl (C=O) groups excluding carboxylic acids is 1. The van der Waals surface area contributed by atoms with Crippen LogP contribution in [0.15, 0.2) is 27.6 Å². The van der Waals surface area contributed by atoms with Crippen LogP contribution in [0.5, 0.6) is 0 Å². The number of hydrogen-bond acceptors (Lipinski definition) is 5. The molecule has 8 heteroatoms. The number of halogens is 1. The summed E-state index contributed by atoms with van der Waals surface area (Å²) in [4.78, 5) is 11.7. The van der Waals surface area contributed by atoms with E-state index in [-0.39, 0.29) is 22.6 Å². The number of methoxy groups -OCH3 is 1. The number of nitrogens with one attached hydrogen (secondary N) is 1. The van der Waals surface area contributed by atoms with Crippen molar-refractivity contribution in [1.29, 1.82) is 0 Å². The molecule has 1 aliphatic heterocycles. The van der Waals surface area contributed by atoms with E-state index < -0.39 is 16.0 Å². The molecular weight excluding hydrogens is 374 g/mol. The summed E-state index contributed by atoms with van der Waals surface area (Å²) in [5, 5.41) is 0. The third-order valence-electron chi connectivity index (χ3n) is 3.52. The molecule has 0 spiro atoms. The lowest BCUT2D eigenvalue weighted by Gasteiger charge is -2.20. The van der Waals surface area contributed by atoms with Crippen LogP contribution in [-0.4, -0.2) is 40.2 Å². The molecule has 0 aromatic heterocycles. The normalized spacial score (nSPS) is 19.9. The molecule has 2 rings (SSSR count). The lowest BCUT2D eigenvalue weighted by atomic mass is 10.1. The molecule has 0 saturated carbocycles. The third-order valence-corrected chi connectivity index (χ3v) is 5.77. The minimum Gasteiger partial charge on any atom is -0.465 e. The van der Waals surface area contributed by atoms with E-state index in [4.69, 9.17) is 4.74 Å². The van der Waals surface area contributed by atoms with E-state index in [9.17, 15) is 13.2 Å². The molecule has 1 N–H and O–H groups in total. The Hall–Kier alpha value is -0.960. The van der Waals surface area contributed by atoms with Gasteiger partial charge in [-0.05, 0) is 53.9 Å². The summed E-state index contributed by atoms with van der Waals surface area (Å²) in [5.41, 5.74) is 0.162. The van der Waals surface area contributed by atoms with E-state index in [1.165, 1.54) is 25.3 Å². The van der Waals surface area contributed by atoms with Crippen LogP contribution in [0.4, 0.5) is 0 Å². The zero-order valence-corrected chi connectivity index (χ0v) is 14.7. The van der Waals surface area contributed by atoms with Crippen LogP contribution in [0.2, 0.25) is 0 Å². The number of benzene rings is 1. The first-order valence-corrected chi connectivity index (χ1v) is 9.14. The van der Waals surface area contributed by atoms with Crippen molar-refractivity contribution in [3.05, 3.63) is 28.2 Å². The van der Waals surface area contributed by atoms with E-state index >= 15 is 0 Å². The maximum atomic E-state index is 12.4. The highest BCUT2D eigenvalue weighted by Crippen LogP contribution is 2.23. The van der Waals surface area contributed by atoms with Gasteiger partial charge in [0.15, 0.2) is 0 Å². The van der Waals surface area contributed by atoms with Crippen LogP contribution in [0.25, 0.3) is 0 Å². The Morgan fingerprint density at radius 3 is 2.82 bits per heavy atom. The minimum atomic E-state index is -3.74. The van der Waals surface area contributed by atoms with Crippen LogP contribution >= 0.6 is 15.9 Å². The highest BCUT2D eigenvalue weighted by Gasteiger charge is 2.27. The number of ether oxygens (including phenoxy) is 2. The molecule has 1 fully saturated rings. The Balaban J connectivity index is 2.23. The van der Waals surface area contributed by atoms with Gasteiger partial charge in [0.25, 0.3) is 0 Å². The van der Waals surface area contributed by atoms with Crippen molar-refractivity contribution in [2.45, 2.75) is 36.8 Å². The molecule has 1 saturated heterocycles. The van der Waals surface area contributed by atoms with Crippen molar-refractivity contribution in [1.82, 2.24) is 4.72 Å². The summed E-state index contributed by atoms with van der Waals surface area (Å²) in [7, 11) is -2.49. The van der Waals surface area contributed by atoms with E-state index in [1.807, 2.05) is 0 Å². The second kappa shape index (κ2) is 7.08. The van der Waals surface area contributed by atoms with E-state index in [1.54, 1.807) is 6.92 Å². The van der Waals surface area contributed by atoms with Gasteiger partial charge in [-0.25, -0.2) is 17.9 Å². The van der Waals surface area contributed by atoms with E-state index in [0.717, 1.165) is 12.8 Å². The summed E-state index contributed by atoms with van der Waals surface area (Å²) in [6.07, 6.45) is 1.64. The zero-order valence-electron chi connectivity index (χ0n) is 12.3. The maximum Gasteiger partial charge on any atom is 0.339 e. The summed E-state index contributed by atoms with van der Waals surface area (Å²) >= 11 is 3.21. The molecule has 2 unspecified atom stereocenters. The first-order valence-electron chi connectivity index (χ1n) is 6.87. The minimum absolute atomic E-state index is 0.0148. The van der Waals surface area contributed by atoms with Gasteiger partial charge < -0.3 is 9.47 Å². The Kier molecular flexibility index (Phi) is 5.60. The van der Waals surface area contributed by atoms with Gasteiger partial charge in [-0.1, -0.05) is 0 Å². The average Bonchev–Trinajstić information content (AvgIpc) is 3.00. The summed E-state index contributed by atoms with van der Waals surface area (Å²) in [6.45, 7) is 2.43. The highest BCUT2D eigenvalue weighted by atomic mass is 79.9. The van der Waals surface area contributed by atoms with E-state index in [2.05, 4.69) is 25.4 Å². The quantitative estimate of drug-likeness (QED) is 0.776. The molecule has 2 atom stereocenters. The number of esters is 1. The van der Waals surface area contributed by atoms with Gasteiger partial charge in [0.2, 0.25) is 10.0 Å². The fraction of sp³-hybridized carbons (Fsp3) is 0.500. The smallest absolute Gasteiger partial charge is 0.339 e. The Morgan fingerprint density at radius 1 is 1.50 bits per heavy atom. The molecule has 0 aliphatic carbocycles. The molecule has 0 radical (unpaired) electrons.